The normalized spacial score (nSPS) is 9.42. The van der Waals surface area contributed by atoms with Crippen LogP contribution in [0.25, 0.3) is 0 Å². The molecule has 0 atom stereocenters. The Labute approximate surface area is 71.9 Å². The minimum atomic E-state index is 0.150. The van der Waals surface area contributed by atoms with Crippen LogP contribution in [-0.2, 0) is 4.74 Å². The van der Waals surface area contributed by atoms with Gasteiger partial charge in [0.2, 0.25) is 5.90 Å². The molecule has 1 N–H and O–H groups in total. The molecule has 1 heterocycles. The average Bonchev–Trinajstić information content (AvgIpc) is 2.15. The number of hydrogen-bond donors (Lipinski definition) is 1. The second-order valence-corrected chi connectivity index (χ2v) is 2.39. The van der Waals surface area contributed by atoms with Gasteiger partial charge >= 0.3 is 0 Å². The molecule has 0 aliphatic rings. The summed E-state index contributed by atoms with van der Waals surface area (Å²) in [5, 5.41) is 7.45. The Morgan fingerprint density at radius 3 is 3.00 bits per heavy atom. The quantitative estimate of drug-likeness (QED) is 0.547. The molecule has 0 aromatic carbocycles. The molecule has 0 spiro atoms. The summed E-state index contributed by atoms with van der Waals surface area (Å²) < 4.78 is 5.10. The highest BCUT2D eigenvalue weighted by Crippen LogP contribution is 1.96. The second-order valence-electron chi connectivity index (χ2n) is 2.39. The van der Waals surface area contributed by atoms with Gasteiger partial charge in [-0.25, -0.2) is 0 Å². The topological polar surface area (TPSA) is 46.0 Å². The summed E-state index contributed by atoms with van der Waals surface area (Å²) in [6, 6.07) is 5.42. The number of ether oxygens (including phenoxy) is 1. The van der Waals surface area contributed by atoms with E-state index in [9.17, 15) is 0 Å². The third kappa shape index (κ3) is 2.34. The minimum absolute atomic E-state index is 0.150. The molecule has 1 rings (SSSR count). The molecule has 3 nitrogen and oxygen atoms in total. The average molecular weight is 164 g/mol. The van der Waals surface area contributed by atoms with E-state index >= 15 is 0 Å². The molecule has 0 fully saturated rings. The highest BCUT2D eigenvalue weighted by molar-refractivity contribution is 5.89. The number of hydrogen-bond acceptors (Lipinski definition) is 3. The van der Waals surface area contributed by atoms with E-state index < -0.39 is 0 Å². The molecule has 0 saturated carbocycles. The molecular formula is C9H12N2O. The molecular weight excluding hydrogens is 152 g/mol. The van der Waals surface area contributed by atoms with Gasteiger partial charge in [0.1, 0.15) is 5.69 Å². The van der Waals surface area contributed by atoms with Crippen LogP contribution in [0.4, 0.5) is 0 Å². The van der Waals surface area contributed by atoms with Crippen LogP contribution < -0.4 is 0 Å². The first kappa shape index (κ1) is 8.71. The lowest BCUT2D eigenvalue weighted by atomic mass is 10.3. The van der Waals surface area contributed by atoms with Crippen LogP contribution in [0.1, 0.15) is 19.0 Å². The van der Waals surface area contributed by atoms with Crippen LogP contribution in [0, 0.1) is 5.41 Å². The van der Waals surface area contributed by atoms with E-state index in [4.69, 9.17) is 10.1 Å². The number of nitrogens with one attached hydrogen (secondary N) is 1. The molecule has 1 aromatic heterocycles. The molecule has 0 amide bonds. The summed E-state index contributed by atoms with van der Waals surface area (Å²) in [4.78, 5) is 3.98. The molecule has 0 radical (unpaired) electrons. The van der Waals surface area contributed by atoms with Gasteiger partial charge in [-0.3, -0.25) is 10.4 Å². The van der Waals surface area contributed by atoms with Crippen molar-refractivity contribution in [2.75, 3.05) is 6.61 Å². The molecule has 0 bridgehead atoms. The summed E-state index contributed by atoms with van der Waals surface area (Å²) in [6.07, 6.45) is 2.56. The summed E-state index contributed by atoms with van der Waals surface area (Å²) in [7, 11) is 0. The van der Waals surface area contributed by atoms with E-state index in [0.29, 0.717) is 12.3 Å². The van der Waals surface area contributed by atoms with Crippen molar-refractivity contribution >= 4 is 5.90 Å². The van der Waals surface area contributed by atoms with Gasteiger partial charge in [0, 0.05) is 6.20 Å². The third-order valence-electron chi connectivity index (χ3n) is 1.35. The van der Waals surface area contributed by atoms with Crippen molar-refractivity contribution in [1.29, 1.82) is 5.41 Å². The third-order valence-corrected chi connectivity index (χ3v) is 1.35. The fourth-order valence-electron chi connectivity index (χ4n) is 0.775. The summed E-state index contributed by atoms with van der Waals surface area (Å²) in [5.41, 5.74) is 0.589. The van der Waals surface area contributed by atoms with Gasteiger partial charge in [0.15, 0.2) is 0 Å². The summed E-state index contributed by atoms with van der Waals surface area (Å²) in [5.74, 6) is 0.150. The lowest BCUT2D eigenvalue weighted by molar-refractivity contribution is 0.302. The van der Waals surface area contributed by atoms with Gasteiger partial charge in [-0.15, -0.1) is 0 Å². The van der Waals surface area contributed by atoms with E-state index in [0.717, 1.165) is 6.42 Å². The molecule has 0 aliphatic carbocycles. The van der Waals surface area contributed by atoms with Crippen LogP contribution in [0.3, 0.4) is 0 Å². The fourth-order valence-corrected chi connectivity index (χ4v) is 0.775. The summed E-state index contributed by atoms with van der Waals surface area (Å²) in [6.45, 7) is 2.58. The van der Waals surface area contributed by atoms with Crippen molar-refractivity contribution in [2.45, 2.75) is 13.3 Å². The maximum absolute atomic E-state index is 7.45. The van der Waals surface area contributed by atoms with Gasteiger partial charge < -0.3 is 4.74 Å². The second kappa shape index (κ2) is 4.49. The number of rotatable bonds is 3. The predicted molar refractivity (Wildman–Crippen MR) is 47.3 cm³/mol. The van der Waals surface area contributed by atoms with Crippen LogP contribution >= 0.6 is 0 Å². The van der Waals surface area contributed by atoms with Crippen molar-refractivity contribution in [3.8, 4) is 0 Å². The first-order valence-electron chi connectivity index (χ1n) is 3.97. The Kier molecular flexibility index (Phi) is 3.26. The van der Waals surface area contributed by atoms with E-state index in [2.05, 4.69) is 4.98 Å². The molecule has 3 heteroatoms. The first-order valence-corrected chi connectivity index (χ1v) is 3.97. The van der Waals surface area contributed by atoms with Crippen LogP contribution in [0.15, 0.2) is 24.4 Å². The monoisotopic (exact) mass is 164 g/mol. The zero-order chi connectivity index (χ0) is 8.81. The summed E-state index contributed by atoms with van der Waals surface area (Å²) >= 11 is 0. The SMILES string of the molecule is CCCOC(=N)c1ccccn1. The first-order chi connectivity index (χ1) is 5.84. The zero-order valence-electron chi connectivity index (χ0n) is 7.08. The Balaban J connectivity index is 2.54. The van der Waals surface area contributed by atoms with Crippen LogP contribution in [-0.4, -0.2) is 17.5 Å². The van der Waals surface area contributed by atoms with Gasteiger partial charge in [-0.2, -0.15) is 0 Å². The maximum Gasteiger partial charge on any atom is 0.232 e. The van der Waals surface area contributed by atoms with Crippen molar-refractivity contribution in [2.24, 2.45) is 0 Å². The Morgan fingerprint density at radius 2 is 2.42 bits per heavy atom. The highest BCUT2D eigenvalue weighted by Gasteiger charge is 2.00. The van der Waals surface area contributed by atoms with E-state index in [-0.39, 0.29) is 5.90 Å². The fraction of sp³-hybridized carbons (Fsp3) is 0.333. The van der Waals surface area contributed by atoms with Gasteiger partial charge in [0.05, 0.1) is 6.61 Å². The van der Waals surface area contributed by atoms with E-state index in [1.807, 2.05) is 19.1 Å². The Bertz CT molecular complexity index is 246. The predicted octanol–water partition coefficient (Wildman–Crippen LogP) is 1.83. The van der Waals surface area contributed by atoms with Crippen molar-refractivity contribution in [3.63, 3.8) is 0 Å². The van der Waals surface area contributed by atoms with Crippen molar-refractivity contribution in [1.82, 2.24) is 4.98 Å². The lowest BCUT2D eigenvalue weighted by Gasteiger charge is -2.03. The molecule has 0 aliphatic heterocycles. The number of nitrogens with zero attached hydrogens (tertiary/aromatic N) is 1. The zero-order valence-corrected chi connectivity index (χ0v) is 7.08. The van der Waals surface area contributed by atoms with Crippen molar-refractivity contribution < 1.29 is 4.74 Å². The molecule has 64 valence electrons. The molecule has 0 saturated heterocycles. The highest BCUT2D eigenvalue weighted by atomic mass is 16.5. The van der Waals surface area contributed by atoms with E-state index in [1.54, 1.807) is 12.3 Å². The van der Waals surface area contributed by atoms with Gasteiger partial charge in [0.25, 0.3) is 0 Å². The van der Waals surface area contributed by atoms with Gasteiger partial charge in [-0.1, -0.05) is 13.0 Å². The Hall–Kier alpha value is -1.38. The van der Waals surface area contributed by atoms with Crippen LogP contribution in [0.5, 0.6) is 0 Å². The molecule has 1 aromatic rings. The van der Waals surface area contributed by atoms with E-state index in [1.165, 1.54) is 0 Å². The minimum Gasteiger partial charge on any atom is -0.477 e. The number of pyridine rings is 1. The smallest absolute Gasteiger partial charge is 0.232 e. The standard InChI is InChI=1S/C9H12N2O/c1-2-7-12-9(10)8-5-3-4-6-11-8/h3-6,10H,2,7H2,1H3. The number of aromatic nitrogens is 1. The van der Waals surface area contributed by atoms with Crippen molar-refractivity contribution in [3.05, 3.63) is 30.1 Å². The Morgan fingerprint density at radius 1 is 1.58 bits per heavy atom. The van der Waals surface area contributed by atoms with Gasteiger partial charge in [-0.05, 0) is 18.6 Å². The molecule has 0 unspecified atom stereocenters. The molecule has 12 heavy (non-hydrogen) atoms. The largest absolute Gasteiger partial charge is 0.477 e. The maximum atomic E-state index is 7.45. The van der Waals surface area contributed by atoms with Crippen LogP contribution in [0.2, 0.25) is 0 Å². The lowest BCUT2D eigenvalue weighted by Crippen LogP contribution is -2.07.